The van der Waals surface area contributed by atoms with E-state index < -0.39 is 11.7 Å². The predicted molar refractivity (Wildman–Crippen MR) is 107 cm³/mol. The summed E-state index contributed by atoms with van der Waals surface area (Å²) in [6.45, 7) is 3.97. The second-order valence-corrected chi connectivity index (χ2v) is 8.42. The number of aliphatic hydroxyl groups excluding tert-OH is 1. The van der Waals surface area contributed by atoms with E-state index in [0.717, 1.165) is 30.4 Å². The first-order valence-electron chi connectivity index (χ1n) is 9.84. The minimum absolute atomic E-state index is 0.217. The molecule has 0 aromatic heterocycles. The van der Waals surface area contributed by atoms with Crippen LogP contribution >= 0.6 is 0 Å². The number of hydrogen-bond acceptors (Lipinski definition) is 3. The summed E-state index contributed by atoms with van der Waals surface area (Å²) in [5.74, 6) is 0.572. The first-order valence-corrected chi connectivity index (χ1v) is 9.84. The van der Waals surface area contributed by atoms with Crippen molar-refractivity contribution < 1.29 is 15.3 Å². The topological polar surface area (TPSA) is 60.7 Å². The molecule has 3 heteroatoms. The van der Waals surface area contributed by atoms with Gasteiger partial charge in [0.1, 0.15) is 5.75 Å². The molecule has 1 saturated carbocycles. The van der Waals surface area contributed by atoms with Gasteiger partial charge in [-0.25, -0.2) is 0 Å². The maximum Gasteiger partial charge on any atom is 0.115 e. The molecule has 4 atom stereocenters. The summed E-state index contributed by atoms with van der Waals surface area (Å²) in [4.78, 5) is 0. The van der Waals surface area contributed by atoms with Gasteiger partial charge >= 0.3 is 0 Å². The van der Waals surface area contributed by atoms with E-state index in [0.29, 0.717) is 19.3 Å². The number of aliphatic hydroxyl groups is 2. The lowest BCUT2D eigenvalue weighted by Crippen LogP contribution is -2.58. The second-order valence-electron chi connectivity index (χ2n) is 8.42. The normalized spacial score (nSPS) is 32.4. The number of phenolic OH excluding ortho intramolecular Hbond substituents is 1. The monoisotopic (exact) mass is 364 g/mol. The molecule has 0 radical (unpaired) electrons. The van der Waals surface area contributed by atoms with E-state index in [1.165, 1.54) is 5.56 Å². The Morgan fingerprint density at radius 2 is 1.89 bits per heavy atom. The molecule has 3 nitrogen and oxygen atoms in total. The number of benzene rings is 2. The molecule has 142 valence electrons. The summed E-state index contributed by atoms with van der Waals surface area (Å²) in [5, 5.41) is 32.3. The smallest absolute Gasteiger partial charge is 0.115 e. The van der Waals surface area contributed by atoms with Gasteiger partial charge in [-0.1, -0.05) is 42.5 Å². The molecule has 0 aliphatic heterocycles. The standard InChI is InChI=1S/C24H28O3/c1-2-12-23-16-22(26)24(27,14-17-6-4-3-5-7-17)15-19(23)9-8-18-13-20(25)10-11-21(18)23/h2-7,10-11,13,19,22,25-27H,1,8-9,12,14-16H2. The van der Waals surface area contributed by atoms with Crippen LogP contribution < -0.4 is 0 Å². The van der Waals surface area contributed by atoms with Gasteiger partial charge in [0.05, 0.1) is 11.7 Å². The Labute approximate surface area is 161 Å². The molecule has 1 fully saturated rings. The minimum atomic E-state index is -1.11. The zero-order chi connectivity index (χ0) is 19.1. The molecule has 0 spiro atoms. The number of aryl methyl sites for hydroxylation is 1. The van der Waals surface area contributed by atoms with Gasteiger partial charge in [0.15, 0.2) is 0 Å². The van der Waals surface area contributed by atoms with Crippen molar-refractivity contribution in [3.63, 3.8) is 0 Å². The van der Waals surface area contributed by atoms with Crippen molar-refractivity contribution >= 4 is 0 Å². The van der Waals surface area contributed by atoms with E-state index in [1.807, 2.05) is 48.5 Å². The van der Waals surface area contributed by atoms with Crippen LogP contribution in [0.1, 0.15) is 42.4 Å². The van der Waals surface area contributed by atoms with Crippen LogP contribution in [0.15, 0.2) is 61.2 Å². The molecule has 2 aliphatic rings. The van der Waals surface area contributed by atoms with Gasteiger partial charge in [-0.2, -0.15) is 0 Å². The summed E-state index contributed by atoms with van der Waals surface area (Å²) >= 11 is 0. The number of aromatic hydroxyl groups is 1. The molecule has 0 amide bonds. The summed E-state index contributed by atoms with van der Waals surface area (Å²) in [5.41, 5.74) is 2.10. The number of allylic oxidation sites excluding steroid dienone is 1. The minimum Gasteiger partial charge on any atom is -0.508 e. The number of fused-ring (bicyclic) bond motifs is 3. The third kappa shape index (κ3) is 3.09. The zero-order valence-corrected chi connectivity index (χ0v) is 15.6. The van der Waals surface area contributed by atoms with Crippen LogP contribution in [0.5, 0.6) is 5.75 Å². The fourth-order valence-corrected chi connectivity index (χ4v) is 5.53. The predicted octanol–water partition coefficient (Wildman–Crippen LogP) is 3.90. The summed E-state index contributed by atoms with van der Waals surface area (Å²) in [6, 6.07) is 15.5. The van der Waals surface area contributed by atoms with Gasteiger partial charge < -0.3 is 15.3 Å². The average molecular weight is 364 g/mol. The molecule has 27 heavy (non-hydrogen) atoms. The summed E-state index contributed by atoms with van der Waals surface area (Å²) < 4.78 is 0. The third-order valence-electron chi connectivity index (χ3n) is 6.81. The van der Waals surface area contributed by atoms with Crippen molar-refractivity contribution in [3.8, 4) is 5.75 Å². The molecule has 2 aliphatic carbocycles. The van der Waals surface area contributed by atoms with Gasteiger partial charge in [0.2, 0.25) is 0 Å². The maximum atomic E-state index is 11.4. The Balaban J connectivity index is 1.70. The third-order valence-corrected chi connectivity index (χ3v) is 6.81. The molecule has 0 saturated heterocycles. The van der Waals surface area contributed by atoms with Crippen LogP contribution in [0, 0.1) is 5.92 Å². The largest absolute Gasteiger partial charge is 0.508 e. The molecule has 2 aromatic carbocycles. The molecular weight excluding hydrogens is 336 g/mol. The lowest BCUT2D eigenvalue weighted by atomic mass is 9.52. The second kappa shape index (κ2) is 6.81. The molecule has 4 rings (SSSR count). The van der Waals surface area contributed by atoms with Gasteiger partial charge in [-0.05, 0) is 66.8 Å². The van der Waals surface area contributed by atoms with Crippen molar-refractivity contribution in [2.45, 2.75) is 55.6 Å². The van der Waals surface area contributed by atoms with Crippen molar-refractivity contribution in [1.82, 2.24) is 0 Å². The van der Waals surface area contributed by atoms with E-state index >= 15 is 0 Å². The number of rotatable bonds is 4. The van der Waals surface area contributed by atoms with Crippen LogP contribution in [0.25, 0.3) is 0 Å². The van der Waals surface area contributed by atoms with Crippen LogP contribution in [0.2, 0.25) is 0 Å². The highest BCUT2D eigenvalue weighted by Gasteiger charge is 2.55. The van der Waals surface area contributed by atoms with E-state index in [4.69, 9.17) is 0 Å². The average Bonchev–Trinajstić information content (AvgIpc) is 2.64. The van der Waals surface area contributed by atoms with Crippen LogP contribution in [0.4, 0.5) is 0 Å². The van der Waals surface area contributed by atoms with Crippen molar-refractivity contribution in [1.29, 1.82) is 0 Å². The van der Waals surface area contributed by atoms with Crippen LogP contribution in [-0.2, 0) is 18.3 Å². The summed E-state index contributed by atoms with van der Waals surface area (Å²) in [7, 11) is 0. The van der Waals surface area contributed by atoms with E-state index in [1.54, 1.807) is 6.07 Å². The molecule has 4 unspecified atom stereocenters. The van der Waals surface area contributed by atoms with Gasteiger partial charge in [-0.3, -0.25) is 0 Å². The van der Waals surface area contributed by atoms with Crippen LogP contribution in [0.3, 0.4) is 0 Å². The van der Waals surface area contributed by atoms with E-state index in [9.17, 15) is 15.3 Å². The lowest BCUT2D eigenvalue weighted by molar-refractivity contribution is -0.138. The maximum absolute atomic E-state index is 11.4. The Hall–Kier alpha value is -2.10. The Morgan fingerprint density at radius 3 is 2.63 bits per heavy atom. The first kappa shape index (κ1) is 18.3. The zero-order valence-electron chi connectivity index (χ0n) is 15.6. The highest BCUT2D eigenvalue weighted by atomic mass is 16.3. The fraction of sp³-hybridized carbons (Fsp3) is 0.417. The Kier molecular flexibility index (Phi) is 4.61. The van der Waals surface area contributed by atoms with Gasteiger partial charge in [-0.15, -0.1) is 6.58 Å². The van der Waals surface area contributed by atoms with E-state index in [-0.39, 0.29) is 17.1 Å². The highest BCUT2D eigenvalue weighted by molar-refractivity contribution is 5.44. The Bertz CT molecular complexity index is 831. The van der Waals surface area contributed by atoms with Gasteiger partial charge in [0, 0.05) is 11.8 Å². The van der Waals surface area contributed by atoms with Crippen molar-refractivity contribution in [2.75, 3.05) is 0 Å². The lowest BCUT2D eigenvalue weighted by Gasteiger charge is -2.55. The molecule has 0 heterocycles. The molecule has 3 N–H and O–H groups in total. The Morgan fingerprint density at radius 1 is 1.11 bits per heavy atom. The molecular formula is C24H28O3. The highest BCUT2D eigenvalue weighted by Crippen LogP contribution is 2.55. The fourth-order valence-electron chi connectivity index (χ4n) is 5.53. The molecule has 0 bridgehead atoms. The van der Waals surface area contributed by atoms with Gasteiger partial charge in [0.25, 0.3) is 0 Å². The SMILES string of the molecule is C=CCC12CC(O)C(O)(Cc3ccccc3)CC1CCc1cc(O)ccc12. The first-order chi connectivity index (χ1) is 13.0. The van der Waals surface area contributed by atoms with Crippen molar-refractivity contribution in [2.24, 2.45) is 5.92 Å². The van der Waals surface area contributed by atoms with E-state index in [2.05, 4.69) is 6.58 Å². The van der Waals surface area contributed by atoms with Crippen LogP contribution in [-0.4, -0.2) is 27.0 Å². The summed E-state index contributed by atoms with van der Waals surface area (Å²) in [6.07, 6.45) is 5.32. The molecule has 2 aromatic rings. The quantitative estimate of drug-likeness (QED) is 0.721. The number of phenols is 1. The van der Waals surface area contributed by atoms with Crippen molar-refractivity contribution in [3.05, 3.63) is 77.9 Å². The number of hydrogen-bond donors (Lipinski definition) is 3.